The molecule has 4 aromatic heterocycles. The molecule has 2 saturated heterocycles. The molecule has 126 heavy (non-hydrogen) atoms. The third-order valence-electron chi connectivity index (χ3n) is 21.5. The van der Waals surface area contributed by atoms with E-state index in [0.717, 1.165) is 22.1 Å². The Bertz CT molecular complexity index is 6460. The van der Waals surface area contributed by atoms with E-state index in [1.165, 1.54) is 27.3 Å². The Morgan fingerprint density at radius 3 is 1.30 bits per heavy atom. The maximum atomic E-state index is 13.5. The molecule has 2 fully saturated rings. The second kappa shape index (κ2) is 38.2. The number of imidazole rings is 2. The van der Waals surface area contributed by atoms with Gasteiger partial charge in [-0.2, -0.15) is 9.97 Å². The number of anilines is 6. The van der Waals surface area contributed by atoms with Gasteiger partial charge < -0.3 is 121 Å². The summed E-state index contributed by atoms with van der Waals surface area (Å²) in [5, 5.41) is 83.2. The van der Waals surface area contributed by atoms with E-state index in [9.17, 15) is 68.5 Å². The van der Waals surface area contributed by atoms with Crippen LogP contribution in [0, 0.1) is 0 Å². The van der Waals surface area contributed by atoms with E-state index in [1.54, 1.807) is 18.2 Å². The number of aliphatic hydroxyl groups is 4. The van der Waals surface area contributed by atoms with Crippen LogP contribution < -0.4 is 83.7 Å². The number of aliphatic hydroxyl groups excluding tert-OH is 4. The minimum Gasteiger partial charge on any atom is -0.545 e. The van der Waals surface area contributed by atoms with E-state index in [0.29, 0.717) is 144 Å². The first-order valence-corrected chi connectivity index (χ1v) is 43.0. The number of nitrogen functional groups attached to an aromatic ring is 2. The Hall–Kier alpha value is -12.4. The summed E-state index contributed by atoms with van der Waals surface area (Å²) in [6, 6.07) is 31.7. The highest BCUT2D eigenvalue weighted by atomic mass is 31.2. The molecule has 0 radical (unpaired) electrons. The van der Waals surface area contributed by atoms with Gasteiger partial charge in [-0.05, 0) is 97.5 Å². The van der Waals surface area contributed by atoms with Crippen molar-refractivity contribution in [3.8, 4) is 44.9 Å². The number of ether oxygens (including phenoxy) is 2. The highest BCUT2D eigenvalue weighted by Gasteiger charge is 2.48. The van der Waals surface area contributed by atoms with E-state index in [-0.39, 0.29) is 74.3 Å². The Kier molecular flexibility index (Phi) is 27.7. The first-order chi connectivity index (χ1) is 59.8. The number of nitrogens with one attached hydrogen (secondary N) is 6. The number of unbranched alkanes of at least 4 members (excludes halogenated alkanes) is 6. The number of H-pyrrole nitrogens is 2. The number of nitrogens with two attached hydrogens (primary N) is 2. The lowest BCUT2D eigenvalue weighted by Gasteiger charge is -2.20. The van der Waals surface area contributed by atoms with Crippen LogP contribution in [-0.2, 0) is 27.7 Å². The topological polar surface area (TPSA) is 613 Å². The van der Waals surface area contributed by atoms with Crippen molar-refractivity contribution in [2.45, 2.75) is 100 Å². The molecule has 4 aromatic carbocycles. The van der Waals surface area contributed by atoms with Crippen molar-refractivity contribution in [2.24, 2.45) is 0 Å². The molecule has 0 unspecified atom stereocenters. The fraction of sp³-hybridized carbons (Fsp3) is 0.366. The number of carbonyl (C=O) groups excluding carboxylic acids is 4. The normalized spacial score (nSPS) is 17.7. The summed E-state index contributed by atoms with van der Waals surface area (Å²) >= 11 is 0. The lowest BCUT2D eigenvalue weighted by Crippen LogP contribution is -2.33. The summed E-state index contributed by atoms with van der Waals surface area (Å²) < 4.78 is 62.0. The largest absolute Gasteiger partial charge is 0.545 e. The van der Waals surface area contributed by atoms with Gasteiger partial charge in [-0.1, -0.05) is 37.8 Å². The predicted octanol–water partition coefficient (Wildman–Crippen LogP) is 1.62. The molecule has 668 valence electrons. The zero-order chi connectivity index (χ0) is 90.7. The number of nitrogens with zero attached hydrogens (tertiary/aromatic N) is 10. The van der Waals surface area contributed by atoms with Gasteiger partial charge in [-0.3, -0.25) is 47.3 Å². The van der Waals surface area contributed by atoms with Gasteiger partial charge in [0.15, 0.2) is 34.8 Å². The Morgan fingerprint density at radius 2 is 0.897 bits per heavy atom. The van der Waals surface area contributed by atoms with E-state index < -0.39 is 107 Å². The number of carbonyl (C=O) groups is 4. The summed E-state index contributed by atoms with van der Waals surface area (Å²) in [7, 11) is 5.47. The van der Waals surface area contributed by atoms with Gasteiger partial charge in [0.25, 0.3) is 22.9 Å². The van der Waals surface area contributed by atoms with Gasteiger partial charge in [0.05, 0.1) is 37.3 Å². The van der Waals surface area contributed by atoms with Crippen LogP contribution in [0.3, 0.4) is 0 Å². The molecule has 8 aromatic rings. The Balaban J connectivity index is 0.000000216. The van der Waals surface area contributed by atoms with Gasteiger partial charge >= 0.3 is 15.6 Å². The van der Waals surface area contributed by atoms with Crippen molar-refractivity contribution in [1.82, 2.24) is 58.8 Å². The predicted molar refractivity (Wildman–Crippen MR) is 460 cm³/mol. The standard InChI is InChI=1S/2C41H48N9O12P/c1-48(2)22-10-13-25-28(18-22)61-29-19-23(49(3)4)11-14-26(29)31(25)27-17-21(9-12-24(27)39(55)56)36(53)43-15-7-5-6-8-16-44-41-45-32-35(46-40(42)47-37(32)54)50(41)38-34(52)33(51)30(62-38)20-60-63(57,58)59;1-48(2)22-10-13-25-28(18-22)61-29-19-23(49(3)4)11-14-26(29)31(25)24-12-9-21(17-27(24)39(55)56)36(53)43-15-7-5-6-8-16-44-41-45-32-35(46-40(42)47-37(32)54)50(41)38-34(52)33(51)30(62-38)20-60-63(57,58)59/h9-14,17-19,30,33-34,38,51-52H,5-8,15-16,20H2,1-4H3,(H7-,42,43,44,45,46,47,53,54,55,56,57,58,59);9-14,17-19,30,33-34,38,43,51-52H,5-8,15-16,20H2,1-4H3,(H6,42,47,53,54,55,56,57,58,59)/t2*30-,33-,34-,38-/m11/s1. The van der Waals surface area contributed by atoms with Gasteiger partial charge in [0, 0.05) is 145 Å². The summed E-state index contributed by atoms with van der Waals surface area (Å²) in [4.78, 5) is 139. The van der Waals surface area contributed by atoms with Gasteiger partial charge in [-0.25, -0.2) is 28.2 Å². The van der Waals surface area contributed by atoms with Crippen LogP contribution in [0.4, 0.5) is 35.2 Å². The molecule has 2 amide bonds. The number of rotatable bonds is 32. The molecule has 4 aliphatic heterocycles. The van der Waals surface area contributed by atoms with Crippen LogP contribution in [0.5, 0.6) is 0 Å². The number of hydrogen-bond donors (Lipinski definition) is 16. The van der Waals surface area contributed by atoms with Crippen LogP contribution in [0.25, 0.3) is 89.2 Å². The van der Waals surface area contributed by atoms with Crippen LogP contribution in [0.15, 0.2) is 128 Å². The molecule has 0 spiro atoms. The molecule has 14 rings (SSSR count). The molecule has 0 saturated carbocycles. The zero-order valence-corrected chi connectivity index (χ0v) is 71.3. The van der Waals surface area contributed by atoms with Crippen molar-refractivity contribution in [3.63, 3.8) is 0 Å². The second-order valence-electron chi connectivity index (χ2n) is 31.1. The van der Waals surface area contributed by atoms with E-state index in [1.807, 2.05) is 148 Å². The summed E-state index contributed by atoms with van der Waals surface area (Å²) in [5.74, 6) is -2.95. The molecule has 6 aliphatic rings. The van der Waals surface area contributed by atoms with Crippen LogP contribution in [-0.4, -0.2) is 235 Å². The number of fused-ring (bicyclic) bond motifs is 6. The number of hydrogen-bond acceptors (Lipinski definition) is 30. The number of phosphoric acid groups is 2. The number of carboxylic acids is 2. The van der Waals surface area contributed by atoms with Crippen molar-refractivity contribution in [1.29, 1.82) is 0 Å². The molecular formula is C82H96N18O24P2. The average molecular weight is 1780 g/mol. The Labute approximate surface area is 716 Å². The molecular weight excluding hydrogens is 1680 g/mol. The first-order valence-electron chi connectivity index (χ1n) is 39.9. The molecule has 44 heteroatoms. The fourth-order valence-corrected chi connectivity index (χ4v) is 15.7. The van der Waals surface area contributed by atoms with Crippen LogP contribution in [0.2, 0.25) is 0 Å². The summed E-state index contributed by atoms with van der Waals surface area (Å²) in [6.45, 7) is -0.185. The lowest BCUT2D eigenvalue weighted by atomic mass is 9.89. The third-order valence-corrected chi connectivity index (χ3v) is 22.4. The van der Waals surface area contributed by atoms with Crippen molar-refractivity contribution in [2.75, 3.05) is 128 Å². The summed E-state index contributed by atoms with van der Waals surface area (Å²) in [6.07, 6.45) is -6.78. The second-order valence-corrected chi connectivity index (χ2v) is 33.5. The number of aromatic nitrogens is 8. The van der Waals surface area contributed by atoms with Crippen LogP contribution >= 0.6 is 15.6 Å². The monoisotopic (exact) mass is 1780 g/mol. The number of aromatic carboxylic acids is 2. The number of benzene rings is 6. The van der Waals surface area contributed by atoms with Gasteiger partial charge in [0.2, 0.25) is 34.5 Å². The highest BCUT2D eigenvalue weighted by molar-refractivity contribution is 7.46. The maximum Gasteiger partial charge on any atom is 0.469 e. The third kappa shape index (κ3) is 20.3. The number of carboxylic acid groups (broad SMARTS) is 2. The molecule has 0 bridgehead atoms. The zero-order valence-electron chi connectivity index (χ0n) is 69.5. The summed E-state index contributed by atoms with van der Waals surface area (Å²) in [5.41, 5.74) is 16.2. The van der Waals surface area contributed by atoms with E-state index in [4.69, 9.17) is 49.3 Å². The Morgan fingerprint density at radius 1 is 0.500 bits per heavy atom. The number of aromatic amines is 2. The SMILES string of the molecule is CN(C)c1ccc2c(-c3cc(C(=O)NCCCCCCNc4nc5c(=O)[nH]c(N)nc5n4[C@@H]4O[C@H](COP(=O)(O)O)[C@@H](O)[C@H]4O)ccc3C(=O)[O-])c3ccc(=[N+](C)C)cc-3oc2c1.CN(C)c1ccc2c(-c3ccc(C(=O)NCCCCCCNc4nc5c(=O)[nH]c(N)nc5n4[C@@H]4O[C@H](COP(=O)(O)O)[C@@H](O)[C@H]4O)cc3C(=O)[O-])c3ccc(=[N+](C)C)cc-3oc2c1. The van der Waals surface area contributed by atoms with Crippen molar-refractivity contribution < 1.29 is 106 Å². The van der Waals surface area contributed by atoms with Gasteiger partial charge in [-0.15, -0.1) is 0 Å². The van der Waals surface area contributed by atoms with E-state index in [2.05, 4.69) is 60.2 Å². The van der Waals surface area contributed by atoms with E-state index >= 15 is 0 Å². The molecule has 2 aliphatic carbocycles. The first kappa shape index (κ1) is 91.3. The minimum atomic E-state index is -4.92. The highest BCUT2D eigenvalue weighted by Crippen LogP contribution is 2.46. The molecule has 8 atom stereocenters. The minimum absolute atomic E-state index is 0.0520. The smallest absolute Gasteiger partial charge is 0.469 e. The number of amides is 2. The number of phosphoric ester groups is 2. The average Bonchev–Trinajstić information content (AvgIpc) is 1.02. The molecule has 18 N–H and O–H groups in total. The van der Waals surface area contributed by atoms with Crippen molar-refractivity contribution in [3.05, 3.63) is 163 Å². The fourth-order valence-electron chi connectivity index (χ4n) is 15.0. The molecule has 8 heterocycles. The quantitative estimate of drug-likeness (QED) is 0.0123. The lowest BCUT2D eigenvalue weighted by molar-refractivity contribution is -0.256. The maximum absolute atomic E-state index is 13.5. The van der Waals surface area contributed by atoms with Crippen LogP contribution in [0.1, 0.15) is 105 Å². The molecule has 42 nitrogen and oxygen atoms in total. The van der Waals surface area contributed by atoms with Crippen molar-refractivity contribution >= 4 is 119 Å². The van der Waals surface area contributed by atoms with Gasteiger partial charge in [0.1, 0.15) is 87.5 Å².